The molecule has 3 atom stereocenters. The predicted molar refractivity (Wildman–Crippen MR) is 95.9 cm³/mol. The summed E-state index contributed by atoms with van der Waals surface area (Å²) in [6.45, 7) is 3.91. The van der Waals surface area contributed by atoms with Crippen LogP contribution in [0, 0.1) is 0 Å². The van der Waals surface area contributed by atoms with Crippen molar-refractivity contribution in [2.24, 2.45) is 5.73 Å². The third-order valence-electron chi connectivity index (χ3n) is 4.39. The van der Waals surface area contributed by atoms with E-state index in [9.17, 15) is 9.59 Å². The van der Waals surface area contributed by atoms with Crippen molar-refractivity contribution in [3.63, 3.8) is 0 Å². The number of nitrogens with zero attached hydrogens (tertiary/aromatic N) is 1. The third kappa shape index (κ3) is 2.87. The first-order chi connectivity index (χ1) is 11.5. The van der Waals surface area contributed by atoms with E-state index < -0.39 is 12.1 Å². The second kappa shape index (κ2) is 6.83. The molecular weight excluding hydrogens is 322 g/mol. The second-order valence-electron chi connectivity index (χ2n) is 5.90. The number of carbonyl (C=O) groups is 2. The molecule has 0 bridgehead atoms. The number of β-lactam (4-membered cyclic amide) rings is 1. The van der Waals surface area contributed by atoms with Crippen LogP contribution in [0.2, 0.25) is 0 Å². The lowest BCUT2D eigenvalue weighted by molar-refractivity contribution is -0.146. The molecule has 126 valence electrons. The highest BCUT2D eigenvalue weighted by molar-refractivity contribution is 8.00. The minimum absolute atomic E-state index is 0.0431. The largest absolute Gasteiger partial charge is 0.340 e. The van der Waals surface area contributed by atoms with E-state index in [2.05, 4.69) is 5.32 Å². The molecule has 1 aromatic rings. The van der Waals surface area contributed by atoms with Crippen LogP contribution in [0.25, 0.3) is 0 Å². The van der Waals surface area contributed by atoms with Crippen LogP contribution in [0.3, 0.4) is 0 Å². The summed E-state index contributed by atoms with van der Waals surface area (Å²) in [5.41, 5.74) is 8.87. The predicted octanol–water partition coefficient (Wildman–Crippen LogP) is 1.94. The number of carbonyl (C=O) groups excluding carboxylic acids is 2. The van der Waals surface area contributed by atoms with Crippen LogP contribution in [0.15, 0.2) is 53.8 Å². The fourth-order valence-electron chi connectivity index (χ4n) is 2.98. The van der Waals surface area contributed by atoms with E-state index in [-0.39, 0.29) is 17.2 Å². The van der Waals surface area contributed by atoms with Gasteiger partial charge >= 0.3 is 0 Å². The van der Waals surface area contributed by atoms with Gasteiger partial charge in [-0.05, 0) is 25.0 Å². The Hall–Kier alpha value is -2.05. The lowest BCUT2D eigenvalue weighted by atomic mass is 10.0. The minimum atomic E-state index is -0.767. The highest BCUT2D eigenvalue weighted by atomic mass is 32.2. The molecular formula is C18H21N3O2S. The molecule has 0 aromatic heterocycles. The molecule has 5 nitrogen and oxygen atoms in total. The number of fused-ring (bicyclic) bond motifs is 1. The molecule has 24 heavy (non-hydrogen) atoms. The normalized spacial score (nSPS) is 24.6. The molecule has 0 saturated carbocycles. The van der Waals surface area contributed by atoms with Crippen LogP contribution in [0.4, 0.5) is 0 Å². The van der Waals surface area contributed by atoms with Crippen LogP contribution in [-0.2, 0) is 9.59 Å². The molecule has 3 rings (SSSR count). The van der Waals surface area contributed by atoms with Crippen LogP contribution in [-0.4, -0.2) is 33.9 Å². The van der Waals surface area contributed by atoms with Crippen LogP contribution < -0.4 is 11.1 Å². The Labute approximate surface area is 146 Å². The van der Waals surface area contributed by atoms with E-state index in [0.29, 0.717) is 0 Å². The number of nitrogens with one attached hydrogen (secondary N) is 1. The van der Waals surface area contributed by atoms with Crippen molar-refractivity contribution in [2.45, 2.75) is 31.3 Å². The average molecular weight is 343 g/mol. The summed E-state index contributed by atoms with van der Waals surface area (Å²) in [4.78, 5) is 26.6. The quantitative estimate of drug-likeness (QED) is 0.819. The van der Waals surface area contributed by atoms with Gasteiger partial charge in [-0.3, -0.25) is 14.5 Å². The lowest BCUT2D eigenvalue weighted by Crippen LogP contribution is -2.70. The maximum absolute atomic E-state index is 12.4. The summed E-state index contributed by atoms with van der Waals surface area (Å²) in [5.74, 6) is 0.447. The van der Waals surface area contributed by atoms with E-state index in [4.69, 9.17) is 5.73 Å². The Balaban J connectivity index is 1.68. The van der Waals surface area contributed by atoms with Crippen LogP contribution in [0.5, 0.6) is 0 Å². The summed E-state index contributed by atoms with van der Waals surface area (Å²) < 4.78 is 0. The summed E-state index contributed by atoms with van der Waals surface area (Å²) in [6, 6.07) is 7.91. The monoisotopic (exact) mass is 343 g/mol. The zero-order valence-corrected chi connectivity index (χ0v) is 14.5. The van der Waals surface area contributed by atoms with Crippen LogP contribution in [0.1, 0.15) is 25.5 Å². The van der Waals surface area contributed by atoms with Crippen molar-refractivity contribution in [2.75, 3.05) is 5.75 Å². The summed E-state index contributed by atoms with van der Waals surface area (Å²) in [6.07, 6.45) is 4.01. The molecule has 2 heterocycles. The molecule has 3 N–H and O–H groups in total. The van der Waals surface area contributed by atoms with Gasteiger partial charge in [-0.1, -0.05) is 42.5 Å². The number of rotatable bonds is 4. The van der Waals surface area contributed by atoms with Gasteiger partial charge in [-0.2, -0.15) is 0 Å². The van der Waals surface area contributed by atoms with Crippen LogP contribution >= 0.6 is 11.8 Å². The molecule has 1 fully saturated rings. The molecule has 2 aliphatic rings. The van der Waals surface area contributed by atoms with Gasteiger partial charge < -0.3 is 11.1 Å². The maximum Gasteiger partial charge on any atom is 0.253 e. The first-order valence-electron chi connectivity index (χ1n) is 7.92. The maximum atomic E-state index is 12.4. The van der Waals surface area contributed by atoms with Crippen molar-refractivity contribution in [1.29, 1.82) is 0 Å². The van der Waals surface area contributed by atoms with Gasteiger partial charge in [0.15, 0.2) is 0 Å². The summed E-state index contributed by atoms with van der Waals surface area (Å²) >= 11 is 1.67. The molecule has 2 aliphatic heterocycles. The highest BCUT2D eigenvalue weighted by Gasteiger charge is 2.51. The zero-order chi connectivity index (χ0) is 17.3. The Morgan fingerprint density at radius 3 is 2.79 bits per heavy atom. The lowest BCUT2D eigenvalue weighted by Gasteiger charge is -2.50. The second-order valence-corrected chi connectivity index (χ2v) is 7.00. The Kier molecular flexibility index (Phi) is 4.78. The number of amides is 2. The fourth-order valence-corrected chi connectivity index (χ4v) is 4.43. The van der Waals surface area contributed by atoms with Gasteiger partial charge in [0.25, 0.3) is 5.91 Å². The minimum Gasteiger partial charge on any atom is -0.340 e. The topological polar surface area (TPSA) is 75.4 Å². The Morgan fingerprint density at radius 2 is 2.12 bits per heavy atom. The molecule has 0 aliphatic carbocycles. The van der Waals surface area contributed by atoms with E-state index in [1.54, 1.807) is 16.7 Å². The van der Waals surface area contributed by atoms with E-state index in [0.717, 1.165) is 22.6 Å². The number of thioether (sulfide) groups is 1. The highest BCUT2D eigenvalue weighted by Crippen LogP contribution is 2.40. The smallest absolute Gasteiger partial charge is 0.253 e. The van der Waals surface area contributed by atoms with Gasteiger partial charge in [0.2, 0.25) is 5.91 Å². The van der Waals surface area contributed by atoms with Gasteiger partial charge in [0.1, 0.15) is 17.5 Å². The molecule has 0 spiro atoms. The van der Waals surface area contributed by atoms with Crippen molar-refractivity contribution >= 4 is 23.6 Å². The molecule has 0 radical (unpaired) electrons. The SMILES string of the molecule is C/C=C\C1=C(C)N2C(=O)C(NC(=O)C(N)c3ccccc3)C2SC1. The number of benzene rings is 1. The summed E-state index contributed by atoms with van der Waals surface area (Å²) in [5, 5.41) is 2.77. The molecule has 2 amide bonds. The summed E-state index contributed by atoms with van der Waals surface area (Å²) in [7, 11) is 0. The first-order valence-corrected chi connectivity index (χ1v) is 8.97. The van der Waals surface area contributed by atoms with Gasteiger partial charge in [-0.15, -0.1) is 11.8 Å². The van der Waals surface area contributed by atoms with E-state index >= 15 is 0 Å². The van der Waals surface area contributed by atoms with Gasteiger partial charge in [0.05, 0.1) is 0 Å². The van der Waals surface area contributed by atoms with Gasteiger partial charge in [-0.25, -0.2) is 0 Å². The number of hydrogen-bond donors (Lipinski definition) is 2. The number of allylic oxidation sites excluding steroid dienone is 3. The molecule has 6 heteroatoms. The Bertz CT molecular complexity index is 714. The Morgan fingerprint density at radius 1 is 1.42 bits per heavy atom. The van der Waals surface area contributed by atoms with Gasteiger partial charge in [0, 0.05) is 11.4 Å². The number of nitrogens with two attached hydrogens (primary N) is 1. The number of hydrogen-bond acceptors (Lipinski definition) is 4. The molecule has 3 unspecified atom stereocenters. The molecule has 1 aromatic carbocycles. The van der Waals surface area contributed by atoms with Crippen molar-refractivity contribution in [1.82, 2.24) is 10.2 Å². The van der Waals surface area contributed by atoms with Crippen molar-refractivity contribution in [3.8, 4) is 0 Å². The fraction of sp³-hybridized carbons (Fsp3) is 0.333. The first kappa shape index (κ1) is 16.8. The van der Waals surface area contributed by atoms with Crippen molar-refractivity contribution < 1.29 is 9.59 Å². The third-order valence-corrected chi connectivity index (χ3v) is 5.69. The van der Waals surface area contributed by atoms with E-state index in [1.165, 1.54) is 0 Å². The molecule has 1 saturated heterocycles. The average Bonchev–Trinajstić information content (AvgIpc) is 2.61. The standard InChI is InChI=1S/C18H21N3O2S/c1-3-7-13-10-24-18-15(17(23)21(18)11(13)2)20-16(22)14(19)12-8-5-4-6-9-12/h3-9,14-15,18H,10,19H2,1-2H3,(H,20,22)/b7-3-. The van der Waals surface area contributed by atoms with E-state index in [1.807, 2.05) is 56.3 Å². The van der Waals surface area contributed by atoms with Crippen molar-refractivity contribution in [3.05, 3.63) is 59.3 Å². The zero-order valence-electron chi connectivity index (χ0n) is 13.7.